The van der Waals surface area contributed by atoms with Crippen molar-refractivity contribution in [3.8, 4) is 0 Å². The number of hydrogen-bond donors (Lipinski definition) is 3. The minimum absolute atomic E-state index is 0.487. The molecule has 17 heavy (non-hydrogen) atoms. The van der Waals surface area contributed by atoms with Gasteiger partial charge in [0.2, 0.25) is 0 Å². The summed E-state index contributed by atoms with van der Waals surface area (Å²) in [4.78, 5) is 3.53. The Balaban J connectivity index is 1.73. The van der Waals surface area contributed by atoms with E-state index >= 15 is 0 Å². The minimum Gasteiger partial charge on any atom is -0.389 e. The van der Waals surface area contributed by atoms with Gasteiger partial charge in [0.05, 0.1) is 5.60 Å². The lowest BCUT2D eigenvalue weighted by Gasteiger charge is -2.32. The van der Waals surface area contributed by atoms with Gasteiger partial charge in [-0.15, -0.1) is 0 Å². The van der Waals surface area contributed by atoms with E-state index in [4.69, 9.17) is 0 Å². The van der Waals surface area contributed by atoms with Crippen LogP contribution < -0.4 is 5.32 Å². The predicted octanol–water partition coefficient (Wildman–Crippen LogP) is 1.55. The number of aryl methyl sites for hydroxylation is 2. The van der Waals surface area contributed by atoms with E-state index in [0.29, 0.717) is 0 Å². The third-order valence-electron chi connectivity index (χ3n) is 4.22. The van der Waals surface area contributed by atoms with Crippen LogP contribution in [0.2, 0.25) is 0 Å². The summed E-state index contributed by atoms with van der Waals surface area (Å²) in [6, 6.07) is 2.29. The van der Waals surface area contributed by atoms with Gasteiger partial charge < -0.3 is 15.4 Å². The van der Waals surface area contributed by atoms with Crippen molar-refractivity contribution in [1.82, 2.24) is 10.3 Å². The van der Waals surface area contributed by atoms with Crippen molar-refractivity contribution in [3.63, 3.8) is 0 Å². The summed E-state index contributed by atoms with van der Waals surface area (Å²) in [6.07, 6.45) is 7.57. The number of fused-ring (bicyclic) bond motifs is 1. The molecule has 0 radical (unpaired) electrons. The van der Waals surface area contributed by atoms with Crippen LogP contribution in [0.15, 0.2) is 6.07 Å². The van der Waals surface area contributed by atoms with Crippen molar-refractivity contribution in [2.75, 3.05) is 13.1 Å². The summed E-state index contributed by atoms with van der Waals surface area (Å²) in [5, 5.41) is 13.8. The molecule has 3 heteroatoms. The maximum atomic E-state index is 10.5. The number of piperidine rings is 1. The molecule has 0 unspecified atom stereocenters. The first-order valence-electron chi connectivity index (χ1n) is 6.88. The molecule has 0 saturated carbocycles. The van der Waals surface area contributed by atoms with Gasteiger partial charge in [-0.25, -0.2) is 0 Å². The Hall–Kier alpha value is -0.800. The molecule has 3 N–H and O–H groups in total. The van der Waals surface area contributed by atoms with Crippen LogP contribution in [0.3, 0.4) is 0 Å². The Kier molecular flexibility index (Phi) is 2.97. The van der Waals surface area contributed by atoms with Crippen LogP contribution in [0.4, 0.5) is 0 Å². The zero-order chi connectivity index (χ0) is 11.7. The molecule has 2 heterocycles. The Bertz CT molecular complexity index is 367. The zero-order valence-corrected chi connectivity index (χ0v) is 10.4. The van der Waals surface area contributed by atoms with Crippen molar-refractivity contribution < 1.29 is 5.11 Å². The molecule has 1 aromatic rings. The van der Waals surface area contributed by atoms with Crippen molar-refractivity contribution in [3.05, 3.63) is 23.0 Å². The second kappa shape index (κ2) is 4.46. The maximum absolute atomic E-state index is 10.5. The number of rotatable bonds is 2. The molecule has 3 nitrogen and oxygen atoms in total. The Morgan fingerprint density at radius 3 is 2.71 bits per heavy atom. The van der Waals surface area contributed by atoms with Crippen LogP contribution in [0.1, 0.15) is 42.6 Å². The highest BCUT2D eigenvalue weighted by Gasteiger charge is 2.30. The lowest BCUT2D eigenvalue weighted by Crippen LogP contribution is -2.43. The van der Waals surface area contributed by atoms with E-state index < -0.39 is 5.60 Å². The molecule has 0 atom stereocenters. The topological polar surface area (TPSA) is 48.0 Å². The normalized spacial score (nSPS) is 23.4. The highest BCUT2D eigenvalue weighted by molar-refractivity contribution is 5.29. The smallest absolute Gasteiger partial charge is 0.0726 e. The van der Waals surface area contributed by atoms with E-state index in [2.05, 4.69) is 16.4 Å². The molecule has 0 bridgehead atoms. The first-order valence-corrected chi connectivity index (χ1v) is 6.88. The van der Waals surface area contributed by atoms with Gasteiger partial charge in [0.1, 0.15) is 0 Å². The highest BCUT2D eigenvalue weighted by atomic mass is 16.3. The summed E-state index contributed by atoms with van der Waals surface area (Å²) in [7, 11) is 0. The summed E-state index contributed by atoms with van der Waals surface area (Å²) in [6.45, 7) is 1.88. The van der Waals surface area contributed by atoms with E-state index in [0.717, 1.165) is 32.4 Å². The second-order valence-electron chi connectivity index (χ2n) is 5.66. The summed E-state index contributed by atoms with van der Waals surface area (Å²) in [5.41, 5.74) is 3.66. The first-order chi connectivity index (χ1) is 8.25. The second-order valence-corrected chi connectivity index (χ2v) is 5.66. The Morgan fingerprint density at radius 2 is 1.94 bits per heavy atom. The lowest BCUT2D eigenvalue weighted by atomic mass is 9.88. The van der Waals surface area contributed by atoms with Crippen molar-refractivity contribution in [2.45, 2.75) is 50.5 Å². The van der Waals surface area contributed by atoms with Gasteiger partial charge >= 0.3 is 0 Å². The first kappa shape index (κ1) is 11.3. The number of aliphatic hydroxyl groups is 1. The average molecular weight is 234 g/mol. The Morgan fingerprint density at radius 1 is 1.18 bits per heavy atom. The van der Waals surface area contributed by atoms with Gasteiger partial charge in [-0.2, -0.15) is 0 Å². The third kappa shape index (κ3) is 2.40. The van der Waals surface area contributed by atoms with Gasteiger partial charge in [-0.3, -0.25) is 0 Å². The van der Waals surface area contributed by atoms with Crippen LogP contribution in [0, 0.1) is 0 Å². The van der Waals surface area contributed by atoms with E-state index in [1.54, 1.807) is 0 Å². The molecular weight excluding hydrogens is 212 g/mol. The van der Waals surface area contributed by atoms with Crippen LogP contribution in [-0.2, 0) is 19.3 Å². The SMILES string of the molecule is OC1(Cc2cc3c([nH]2)CCCC3)CCNCC1. The quantitative estimate of drug-likeness (QED) is 0.727. The fourth-order valence-corrected chi connectivity index (χ4v) is 3.19. The summed E-state index contributed by atoms with van der Waals surface area (Å²) in [5.74, 6) is 0. The fourth-order valence-electron chi connectivity index (χ4n) is 3.19. The molecule has 0 aromatic carbocycles. The summed E-state index contributed by atoms with van der Waals surface area (Å²) >= 11 is 0. The molecular formula is C14H22N2O. The largest absolute Gasteiger partial charge is 0.389 e. The maximum Gasteiger partial charge on any atom is 0.0726 e. The zero-order valence-electron chi connectivity index (χ0n) is 10.4. The van der Waals surface area contributed by atoms with Gasteiger partial charge in [-0.05, 0) is 63.2 Å². The molecule has 2 aliphatic rings. The van der Waals surface area contributed by atoms with Crippen LogP contribution in [-0.4, -0.2) is 28.8 Å². The number of aromatic amines is 1. The number of aromatic nitrogens is 1. The molecule has 3 rings (SSSR count). The molecule has 1 aromatic heterocycles. The van der Waals surface area contributed by atoms with Crippen molar-refractivity contribution in [1.29, 1.82) is 0 Å². The van der Waals surface area contributed by atoms with E-state index in [-0.39, 0.29) is 0 Å². The van der Waals surface area contributed by atoms with Crippen LogP contribution in [0.5, 0.6) is 0 Å². The van der Waals surface area contributed by atoms with Crippen LogP contribution >= 0.6 is 0 Å². The van der Waals surface area contributed by atoms with Gasteiger partial charge in [0.25, 0.3) is 0 Å². The summed E-state index contributed by atoms with van der Waals surface area (Å²) < 4.78 is 0. The van der Waals surface area contributed by atoms with E-state index in [1.807, 2.05) is 0 Å². The van der Waals surface area contributed by atoms with Crippen molar-refractivity contribution >= 4 is 0 Å². The predicted molar refractivity (Wildman–Crippen MR) is 68.2 cm³/mol. The minimum atomic E-state index is -0.487. The average Bonchev–Trinajstić information content (AvgIpc) is 2.71. The number of H-pyrrole nitrogens is 1. The molecule has 1 saturated heterocycles. The standard InChI is InChI=1S/C14H22N2O/c17-14(5-7-15-8-6-14)10-12-9-11-3-1-2-4-13(11)16-12/h9,15-17H,1-8,10H2. The molecule has 1 aliphatic carbocycles. The van der Waals surface area contributed by atoms with Gasteiger partial charge in [0, 0.05) is 17.8 Å². The lowest BCUT2D eigenvalue weighted by molar-refractivity contribution is 0.0101. The molecule has 1 fully saturated rings. The van der Waals surface area contributed by atoms with E-state index in [1.165, 1.54) is 42.6 Å². The van der Waals surface area contributed by atoms with Gasteiger partial charge in [0.15, 0.2) is 0 Å². The third-order valence-corrected chi connectivity index (χ3v) is 4.22. The monoisotopic (exact) mass is 234 g/mol. The molecule has 0 spiro atoms. The number of nitrogens with one attached hydrogen (secondary N) is 2. The molecule has 1 aliphatic heterocycles. The highest BCUT2D eigenvalue weighted by Crippen LogP contribution is 2.27. The Labute approximate surface area is 103 Å². The fraction of sp³-hybridized carbons (Fsp3) is 0.714. The number of hydrogen-bond acceptors (Lipinski definition) is 2. The van der Waals surface area contributed by atoms with Crippen LogP contribution in [0.25, 0.3) is 0 Å². The molecule has 0 amide bonds. The van der Waals surface area contributed by atoms with Gasteiger partial charge in [-0.1, -0.05) is 0 Å². The molecule has 94 valence electrons. The van der Waals surface area contributed by atoms with Crippen molar-refractivity contribution in [2.24, 2.45) is 0 Å². The van der Waals surface area contributed by atoms with E-state index in [9.17, 15) is 5.11 Å².